The Kier molecular flexibility index (Phi) is 6.48. The Bertz CT molecular complexity index is 980. The number of rotatable bonds is 8. The molecule has 0 aliphatic heterocycles. The van der Waals surface area contributed by atoms with Crippen molar-refractivity contribution >= 4 is 11.8 Å². The van der Waals surface area contributed by atoms with Crippen LogP contribution in [0.5, 0.6) is 0 Å². The molecule has 0 radical (unpaired) electrons. The van der Waals surface area contributed by atoms with E-state index in [0.29, 0.717) is 12.1 Å². The van der Waals surface area contributed by atoms with Crippen molar-refractivity contribution in [2.24, 2.45) is 23.2 Å². The highest BCUT2D eigenvalue weighted by Gasteiger charge is 2.56. The molecular formula is C29H38N3O2+. The molecule has 4 fully saturated rings. The summed E-state index contributed by atoms with van der Waals surface area (Å²) < 4.78 is 0. The van der Waals surface area contributed by atoms with Gasteiger partial charge in [-0.2, -0.15) is 0 Å². The Balaban J connectivity index is 1.35. The van der Waals surface area contributed by atoms with Gasteiger partial charge in [0.15, 0.2) is 0 Å². The molecule has 34 heavy (non-hydrogen) atoms. The van der Waals surface area contributed by atoms with Crippen LogP contribution in [-0.4, -0.2) is 45.0 Å². The molecular weight excluding hydrogens is 422 g/mol. The Morgan fingerprint density at radius 2 is 1.44 bits per heavy atom. The fourth-order valence-corrected chi connectivity index (χ4v) is 7.22. The van der Waals surface area contributed by atoms with Gasteiger partial charge in [-0.1, -0.05) is 42.5 Å². The molecule has 4 saturated carbocycles. The van der Waals surface area contributed by atoms with E-state index in [-0.39, 0.29) is 17.2 Å². The highest BCUT2D eigenvalue weighted by molar-refractivity contribution is 5.98. The third kappa shape index (κ3) is 4.76. The molecule has 5 nitrogen and oxygen atoms in total. The summed E-state index contributed by atoms with van der Waals surface area (Å²) in [4.78, 5) is 28.2. The molecule has 180 valence electrons. The lowest BCUT2D eigenvalue weighted by Gasteiger charge is -2.58. The number of hydrogen-bond donors (Lipinski definition) is 3. The van der Waals surface area contributed by atoms with Crippen molar-refractivity contribution in [1.82, 2.24) is 10.6 Å². The average molecular weight is 461 g/mol. The van der Waals surface area contributed by atoms with Crippen LogP contribution < -0.4 is 15.5 Å². The maximum atomic E-state index is 13.5. The lowest BCUT2D eigenvalue weighted by atomic mass is 9.47. The van der Waals surface area contributed by atoms with Gasteiger partial charge in [0.25, 0.3) is 5.91 Å². The van der Waals surface area contributed by atoms with Gasteiger partial charge >= 0.3 is 0 Å². The van der Waals surface area contributed by atoms with Crippen LogP contribution in [0.3, 0.4) is 0 Å². The normalized spacial score (nSPS) is 28.0. The zero-order valence-corrected chi connectivity index (χ0v) is 20.5. The highest BCUT2D eigenvalue weighted by atomic mass is 16.2. The van der Waals surface area contributed by atoms with E-state index in [9.17, 15) is 9.59 Å². The van der Waals surface area contributed by atoms with Gasteiger partial charge in [-0.25, -0.2) is 0 Å². The van der Waals surface area contributed by atoms with Crippen molar-refractivity contribution in [2.75, 3.05) is 27.2 Å². The largest absolute Gasteiger partial charge is 0.349 e. The predicted octanol–water partition coefficient (Wildman–Crippen LogP) is 2.93. The smallest absolute Gasteiger partial charge is 0.251 e. The van der Waals surface area contributed by atoms with Crippen LogP contribution in [0.1, 0.15) is 48.9 Å². The molecule has 6 rings (SSSR count). The monoisotopic (exact) mass is 460 g/mol. The standard InChI is InChI=1S/C29H37N3O2/c1-32(2)13-12-30-28(34)26(29-17-20-14-21(18-29)16-22(15-20)19-29)31-27(33)25-10-8-24(9-11-25)23-6-4-3-5-7-23/h3-11,20-22,26H,12-19H2,1-2H3,(H,30,34)(H,31,33)/p+1/t20?,21?,22?,26-,29?/m1/s1. The third-order valence-corrected chi connectivity index (χ3v) is 8.41. The number of carbonyl (C=O) groups excluding carboxylic acids is 2. The second-order valence-corrected chi connectivity index (χ2v) is 11.4. The lowest BCUT2D eigenvalue weighted by Crippen LogP contribution is -3.06. The zero-order valence-electron chi connectivity index (χ0n) is 20.5. The number of nitrogens with one attached hydrogen (secondary N) is 3. The molecule has 0 unspecified atom stereocenters. The summed E-state index contributed by atoms with van der Waals surface area (Å²) in [6.45, 7) is 1.50. The molecule has 0 aromatic heterocycles. The third-order valence-electron chi connectivity index (χ3n) is 8.41. The van der Waals surface area contributed by atoms with E-state index in [0.717, 1.165) is 54.7 Å². The first kappa shape index (κ1) is 23.1. The van der Waals surface area contributed by atoms with Crippen LogP contribution >= 0.6 is 0 Å². The fourth-order valence-electron chi connectivity index (χ4n) is 7.22. The molecule has 5 heteroatoms. The van der Waals surface area contributed by atoms with Crippen LogP contribution in [-0.2, 0) is 4.79 Å². The van der Waals surface area contributed by atoms with E-state index >= 15 is 0 Å². The zero-order chi connectivity index (χ0) is 23.7. The molecule has 3 N–H and O–H groups in total. The maximum Gasteiger partial charge on any atom is 0.251 e. The SMILES string of the molecule is C[NH+](C)CCNC(=O)[C@@H](NC(=O)c1ccc(-c2ccccc2)cc1)C12CC3CC(CC(C3)C1)C2. The van der Waals surface area contributed by atoms with Crippen molar-refractivity contribution in [3.8, 4) is 11.1 Å². The van der Waals surface area contributed by atoms with Crippen LogP contribution in [0.2, 0.25) is 0 Å². The first-order valence-corrected chi connectivity index (χ1v) is 12.9. The van der Waals surface area contributed by atoms with E-state index in [1.54, 1.807) is 0 Å². The minimum atomic E-state index is -0.459. The first-order chi connectivity index (χ1) is 16.4. The molecule has 4 bridgehead atoms. The summed E-state index contributed by atoms with van der Waals surface area (Å²) in [6.07, 6.45) is 7.15. The van der Waals surface area contributed by atoms with E-state index < -0.39 is 6.04 Å². The number of likely N-dealkylation sites (N-methyl/N-ethyl adjacent to an activating group) is 1. The van der Waals surface area contributed by atoms with E-state index in [2.05, 4.69) is 36.9 Å². The lowest BCUT2D eigenvalue weighted by molar-refractivity contribution is -0.856. The molecule has 2 amide bonds. The van der Waals surface area contributed by atoms with Gasteiger partial charge in [-0.05, 0) is 79.5 Å². The maximum absolute atomic E-state index is 13.5. The van der Waals surface area contributed by atoms with E-state index in [1.807, 2.05) is 42.5 Å². The highest BCUT2D eigenvalue weighted by Crippen LogP contribution is 2.61. The molecule has 2 aromatic rings. The predicted molar refractivity (Wildman–Crippen MR) is 134 cm³/mol. The summed E-state index contributed by atoms with van der Waals surface area (Å²) in [5.74, 6) is 2.01. The molecule has 1 atom stereocenters. The van der Waals surface area contributed by atoms with Gasteiger partial charge in [0.1, 0.15) is 6.04 Å². The minimum Gasteiger partial charge on any atom is -0.349 e. The Morgan fingerprint density at radius 3 is 2.00 bits per heavy atom. The molecule has 2 aromatic carbocycles. The summed E-state index contributed by atoms with van der Waals surface area (Å²) in [5.41, 5.74) is 2.73. The topological polar surface area (TPSA) is 62.6 Å². The van der Waals surface area contributed by atoms with Crippen molar-refractivity contribution < 1.29 is 14.5 Å². The summed E-state index contributed by atoms with van der Waals surface area (Å²) >= 11 is 0. The number of quaternary nitrogens is 1. The Hall–Kier alpha value is -2.66. The van der Waals surface area contributed by atoms with E-state index in [4.69, 9.17) is 0 Å². The second-order valence-electron chi connectivity index (χ2n) is 11.4. The van der Waals surface area contributed by atoms with Crippen LogP contribution in [0, 0.1) is 23.2 Å². The van der Waals surface area contributed by atoms with Gasteiger partial charge in [0.2, 0.25) is 5.91 Å². The minimum absolute atomic E-state index is 0.00236. The van der Waals surface area contributed by atoms with Crippen LogP contribution in [0.15, 0.2) is 54.6 Å². The van der Waals surface area contributed by atoms with Crippen LogP contribution in [0.25, 0.3) is 11.1 Å². The van der Waals surface area contributed by atoms with Gasteiger partial charge in [-0.15, -0.1) is 0 Å². The molecule has 4 aliphatic rings. The van der Waals surface area contributed by atoms with Crippen molar-refractivity contribution in [3.63, 3.8) is 0 Å². The molecule has 4 aliphatic carbocycles. The Morgan fingerprint density at radius 1 is 0.882 bits per heavy atom. The average Bonchev–Trinajstić information content (AvgIpc) is 2.82. The van der Waals surface area contributed by atoms with Crippen molar-refractivity contribution in [3.05, 3.63) is 60.2 Å². The fraction of sp³-hybridized carbons (Fsp3) is 0.517. The summed E-state index contributed by atoms with van der Waals surface area (Å²) in [7, 11) is 4.17. The van der Waals surface area contributed by atoms with Gasteiger partial charge in [-0.3, -0.25) is 9.59 Å². The van der Waals surface area contributed by atoms with Gasteiger partial charge in [0.05, 0.1) is 27.2 Å². The number of amides is 2. The van der Waals surface area contributed by atoms with Crippen molar-refractivity contribution in [2.45, 2.75) is 44.6 Å². The first-order valence-electron chi connectivity index (χ1n) is 12.9. The quantitative estimate of drug-likeness (QED) is 0.567. The summed E-state index contributed by atoms with van der Waals surface area (Å²) in [5, 5.41) is 6.38. The second kappa shape index (κ2) is 9.53. The van der Waals surface area contributed by atoms with Crippen LogP contribution in [0.4, 0.5) is 0 Å². The molecule has 0 saturated heterocycles. The molecule has 0 heterocycles. The summed E-state index contributed by atoms with van der Waals surface area (Å²) in [6, 6.07) is 17.4. The van der Waals surface area contributed by atoms with Crippen molar-refractivity contribution in [1.29, 1.82) is 0 Å². The number of hydrogen-bond acceptors (Lipinski definition) is 2. The number of carbonyl (C=O) groups is 2. The Labute approximate surface area is 203 Å². The van der Waals surface area contributed by atoms with Gasteiger partial charge < -0.3 is 15.5 Å². The molecule has 0 spiro atoms. The van der Waals surface area contributed by atoms with E-state index in [1.165, 1.54) is 24.2 Å². The van der Waals surface area contributed by atoms with Gasteiger partial charge in [0, 0.05) is 11.0 Å². The number of benzene rings is 2.